The molecule has 0 radical (unpaired) electrons. The molecular weight excluding hydrogens is 284 g/mol. The van der Waals surface area contributed by atoms with Crippen LogP contribution in [0.1, 0.15) is 11.1 Å². The standard InChI is InChI=1S/C16H18N2O2S/c1-21(19,20)16-8-3-2-6-15(16)18-14-7-4-5-12-11-17-10-9-13(12)14/h2-8,17-18H,9-11H2,1H3. The van der Waals surface area contributed by atoms with Crippen LogP contribution < -0.4 is 10.6 Å². The van der Waals surface area contributed by atoms with Crippen LogP contribution in [0.3, 0.4) is 0 Å². The van der Waals surface area contributed by atoms with Gasteiger partial charge in [-0.3, -0.25) is 0 Å². The van der Waals surface area contributed by atoms with Crippen molar-refractivity contribution in [1.29, 1.82) is 0 Å². The van der Waals surface area contributed by atoms with Crippen molar-refractivity contribution in [3.63, 3.8) is 0 Å². The zero-order valence-corrected chi connectivity index (χ0v) is 12.7. The predicted molar refractivity (Wildman–Crippen MR) is 84.7 cm³/mol. The van der Waals surface area contributed by atoms with E-state index in [4.69, 9.17) is 0 Å². The van der Waals surface area contributed by atoms with Crippen LogP contribution >= 0.6 is 0 Å². The molecule has 0 unspecified atom stereocenters. The average molecular weight is 302 g/mol. The van der Waals surface area contributed by atoms with Gasteiger partial charge in [0.2, 0.25) is 0 Å². The molecule has 2 aromatic rings. The summed E-state index contributed by atoms with van der Waals surface area (Å²) in [6.07, 6.45) is 2.18. The van der Waals surface area contributed by atoms with E-state index >= 15 is 0 Å². The van der Waals surface area contributed by atoms with E-state index in [0.29, 0.717) is 10.6 Å². The molecule has 21 heavy (non-hydrogen) atoms. The molecule has 3 rings (SSSR count). The Kier molecular flexibility index (Phi) is 3.69. The van der Waals surface area contributed by atoms with E-state index in [2.05, 4.69) is 16.7 Å². The first-order valence-corrected chi connectivity index (χ1v) is 8.82. The maximum Gasteiger partial charge on any atom is 0.177 e. The van der Waals surface area contributed by atoms with Crippen molar-refractivity contribution in [1.82, 2.24) is 5.32 Å². The normalized spacial score (nSPS) is 14.5. The lowest BCUT2D eigenvalue weighted by Gasteiger charge is -2.21. The van der Waals surface area contributed by atoms with Gasteiger partial charge in [0.05, 0.1) is 10.6 Å². The Morgan fingerprint density at radius 1 is 1.05 bits per heavy atom. The second kappa shape index (κ2) is 5.50. The Labute approximate surface area is 125 Å². The number of anilines is 2. The number of hydrogen-bond donors (Lipinski definition) is 2. The van der Waals surface area contributed by atoms with Gasteiger partial charge < -0.3 is 10.6 Å². The summed E-state index contributed by atoms with van der Waals surface area (Å²) in [4.78, 5) is 0.330. The number of rotatable bonds is 3. The fourth-order valence-electron chi connectivity index (χ4n) is 2.69. The second-order valence-electron chi connectivity index (χ2n) is 5.26. The molecule has 5 heteroatoms. The van der Waals surface area contributed by atoms with Crippen LogP contribution in [0.15, 0.2) is 47.4 Å². The zero-order valence-electron chi connectivity index (χ0n) is 11.9. The van der Waals surface area contributed by atoms with Crippen molar-refractivity contribution in [3.8, 4) is 0 Å². The number of para-hydroxylation sites is 1. The molecule has 110 valence electrons. The van der Waals surface area contributed by atoms with Crippen molar-refractivity contribution in [2.75, 3.05) is 18.1 Å². The lowest BCUT2D eigenvalue weighted by Crippen LogP contribution is -2.24. The molecule has 0 saturated heterocycles. The zero-order chi connectivity index (χ0) is 14.9. The Morgan fingerprint density at radius 3 is 2.62 bits per heavy atom. The highest BCUT2D eigenvalue weighted by atomic mass is 32.2. The molecule has 4 nitrogen and oxygen atoms in total. The highest BCUT2D eigenvalue weighted by Gasteiger charge is 2.16. The van der Waals surface area contributed by atoms with E-state index in [1.807, 2.05) is 18.2 Å². The van der Waals surface area contributed by atoms with E-state index in [1.54, 1.807) is 18.2 Å². The van der Waals surface area contributed by atoms with Gasteiger partial charge in [-0.2, -0.15) is 0 Å². The fourth-order valence-corrected chi connectivity index (χ4v) is 3.53. The second-order valence-corrected chi connectivity index (χ2v) is 7.25. The third-order valence-corrected chi connectivity index (χ3v) is 4.85. The third-order valence-electron chi connectivity index (χ3n) is 3.70. The Balaban J connectivity index is 2.03. The van der Waals surface area contributed by atoms with Gasteiger partial charge in [-0.15, -0.1) is 0 Å². The van der Waals surface area contributed by atoms with Crippen LogP contribution in [0, 0.1) is 0 Å². The number of hydrogen-bond acceptors (Lipinski definition) is 4. The molecule has 2 aromatic carbocycles. The van der Waals surface area contributed by atoms with E-state index in [0.717, 1.165) is 25.2 Å². The predicted octanol–water partition coefficient (Wildman–Crippen LogP) is 2.48. The van der Waals surface area contributed by atoms with E-state index < -0.39 is 9.84 Å². The smallest absolute Gasteiger partial charge is 0.177 e. The summed E-state index contributed by atoms with van der Waals surface area (Å²) < 4.78 is 23.8. The maximum atomic E-state index is 11.9. The molecule has 1 heterocycles. The summed E-state index contributed by atoms with van der Waals surface area (Å²) in [5, 5.41) is 6.64. The SMILES string of the molecule is CS(=O)(=O)c1ccccc1Nc1cccc2c1CCNC2. The van der Waals surface area contributed by atoms with Crippen molar-refractivity contribution >= 4 is 21.2 Å². The summed E-state index contributed by atoms with van der Waals surface area (Å²) >= 11 is 0. The minimum Gasteiger partial charge on any atom is -0.354 e. The Morgan fingerprint density at radius 2 is 1.81 bits per heavy atom. The molecule has 2 N–H and O–H groups in total. The maximum absolute atomic E-state index is 11.9. The molecule has 0 fully saturated rings. The molecule has 0 aliphatic carbocycles. The van der Waals surface area contributed by atoms with E-state index in [-0.39, 0.29) is 0 Å². The molecule has 0 bridgehead atoms. The van der Waals surface area contributed by atoms with Crippen molar-refractivity contribution in [2.24, 2.45) is 0 Å². The van der Waals surface area contributed by atoms with Gasteiger partial charge in [0.15, 0.2) is 9.84 Å². The minimum atomic E-state index is -3.25. The third kappa shape index (κ3) is 2.94. The molecule has 0 aromatic heterocycles. The van der Waals surface area contributed by atoms with Crippen molar-refractivity contribution < 1.29 is 8.42 Å². The van der Waals surface area contributed by atoms with Gasteiger partial charge in [-0.25, -0.2) is 8.42 Å². The van der Waals surface area contributed by atoms with Crippen LogP contribution in [-0.4, -0.2) is 21.2 Å². The monoisotopic (exact) mass is 302 g/mol. The molecule has 0 saturated carbocycles. The number of fused-ring (bicyclic) bond motifs is 1. The summed E-state index contributed by atoms with van der Waals surface area (Å²) in [6, 6.07) is 13.1. The lowest BCUT2D eigenvalue weighted by molar-refractivity contribution is 0.602. The Hall–Kier alpha value is -1.85. The Bertz CT molecular complexity index is 770. The molecule has 0 amide bonds. The highest BCUT2D eigenvalue weighted by Crippen LogP contribution is 2.29. The van der Waals surface area contributed by atoms with Crippen LogP contribution in [-0.2, 0) is 22.8 Å². The van der Waals surface area contributed by atoms with Gasteiger partial charge >= 0.3 is 0 Å². The lowest BCUT2D eigenvalue weighted by atomic mass is 9.99. The van der Waals surface area contributed by atoms with E-state index in [9.17, 15) is 8.42 Å². The molecule has 1 aliphatic rings. The van der Waals surface area contributed by atoms with E-state index in [1.165, 1.54) is 17.4 Å². The van der Waals surface area contributed by atoms with Gasteiger partial charge in [0.1, 0.15) is 0 Å². The number of benzene rings is 2. The highest BCUT2D eigenvalue weighted by molar-refractivity contribution is 7.90. The fraction of sp³-hybridized carbons (Fsp3) is 0.250. The van der Waals surface area contributed by atoms with Gasteiger partial charge in [0.25, 0.3) is 0 Å². The number of nitrogens with one attached hydrogen (secondary N) is 2. The quantitative estimate of drug-likeness (QED) is 0.914. The summed E-state index contributed by atoms with van der Waals surface area (Å²) in [5.41, 5.74) is 4.15. The topological polar surface area (TPSA) is 58.2 Å². The van der Waals surface area contributed by atoms with Gasteiger partial charge in [0, 0.05) is 18.5 Å². The summed E-state index contributed by atoms with van der Waals surface area (Å²) in [7, 11) is -3.25. The summed E-state index contributed by atoms with van der Waals surface area (Å²) in [5.74, 6) is 0. The van der Waals surface area contributed by atoms with Crippen molar-refractivity contribution in [3.05, 3.63) is 53.6 Å². The molecule has 1 aliphatic heterocycles. The first-order valence-electron chi connectivity index (χ1n) is 6.93. The minimum absolute atomic E-state index is 0.330. The molecule has 0 spiro atoms. The van der Waals surface area contributed by atoms with Crippen LogP contribution in [0.25, 0.3) is 0 Å². The average Bonchev–Trinajstić information content (AvgIpc) is 2.47. The first-order chi connectivity index (χ1) is 10.1. The first kappa shape index (κ1) is 14.1. The summed E-state index contributed by atoms with van der Waals surface area (Å²) in [6.45, 7) is 1.80. The van der Waals surface area contributed by atoms with Gasteiger partial charge in [-0.1, -0.05) is 24.3 Å². The van der Waals surface area contributed by atoms with Crippen LogP contribution in [0.2, 0.25) is 0 Å². The van der Waals surface area contributed by atoms with Crippen LogP contribution in [0.5, 0.6) is 0 Å². The molecular formula is C16H18N2O2S. The molecule has 0 atom stereocenters. The van der Waals surface area contributed by atoms with Crippen LogP contribution in [0.4, 0.5) is 11.4 Å². The number of sulfone groups is 1. The van der Waals surface area contributed by atoms with Crippen molar-refractivity contribution in [2.45, 2.75) is 17.9 Å². The van der Waals surface area contributed by atoms with Gasteiger partial charge in [-0.05, 0) is 42.3 Å². The largest absolute Gasteiger partial charge is 0.354 e.